The van der Waals surface area contributed by atoms with Crippen LogP contribution in [0.2, 0.25) is 0 Å². The molecular formula is C21H32N4O4. The highest BCUT2D eigenvalue weighted by molar-refractivity contribution is 5.43. The number of hydrogen-bond acceptors (Lipinski definition) is 6. The monoisotopic (exact) mass is 404 g/mol. The van der Waals surface area contributed by atoms with E-state index >= 15 is 0 Å². The van der Waals surface area contributed by atoms with Crippen LogP contribution in [0.4, 0.5) is 0 Å². The lowest BCUT2D eigenvalue weighted by atomic mass is 9.83. The van der Waals surface area contributed by atoms with Gasteiger partial charge in [-0.25, -0.2) is 9.50 Å². The summed E-state index contributed by atoms with van der Waals surface area (Å²) in [5.41, 5.74) is 0.374. The summed E-state index contributed by atoms with van der Waals surface area (Å²) >= 11 is 0. The third-order valence-corrected chi connectivity index (χ3v) is 6.32. The predicted octanol–water partition coefficient (Wildman–Crippen LogP) is 2.54. The molecule has 0 bridgehead atoms. The van der Waals surface area contributed by atoms with Crippen molar-refractivity contribution in [2.24, 2.45) is 18.9 Å². The van der Waals surface area contributed by atoms with Crippen molar-refractivity contribution in [2.45, 2.75) is 51.4 Å². The molecule has 29 heavy (non-hydrogen) atoms. The Labute approximate surface area is 171 Å². The number of ether oxygens (including phenoxy) is 3. The first-order valence-corrected chi connectivity index (χ1v) is 10.9. The minimum absolute atomic E-state index is 0.124. The van der Waals surface area contributed by atoms with Crippen LogP contribution in [0.5, 0.6) is 6.01 Å². The van der Waals surface area contributed by atoms with Crippen LogP contribution in [-0.4, -0.2) is 52.2 Å². The van der Waals surface area contributed by atoms with E-state index in [-0.39, 0.29) is 11.5 Å². The standard InChI is InChI=1S/C21H32N4O4/c1-3-27-13-15-4-6-16(7-5-15)14-29-21-23-25-18(20(26)24(21)2)12-22-19(25)17-8-10-28-11-9-17/h12,15-17H,3-11,13-14H2,1-2H3. The second-order valence-electron chi connectivity index (χ2n) is 8.30. The van der Waals surface area contributed by atoms with Gasteiger partial charge < -0.3 is 14.2 Å². The van der Waals surface area contributed by atoms with Crippen molar-refractivity contribution in [3.8, 4) is 6.01 Å². The van der Waals surface area contributed by atoms with Gasteiger partial charge in [0.05, 0.1) is 12.8 Å². The van der Waals surface area contributed by atoms with Crippen molar-refractivity contribution in [1.29, 1.82) is 0 Å². The first-order chi connectivity index (χ1) is 14.2. The summed E-state index contributed by atoms with van der Waals surface area (Å²) in [4.78, 5) is 17.3. The molecule has 0 aromatic carbocycles. The van der Waals surface area contributed by atoms with E-state index in [9.17, 15) is 4.79 Å². The van der Waals surface area contributed by atoms with Gasteiger partial charge in [-0.3, -0.25) is 9.36 Å². The molecule has 1 aliphatic heterocycles. The first kappa shape index (κ1) is 20.3. The highest BCUT2D eigenvalue weighted by Crippen LogP contribution is 2.29. The summed E-state index contributed by atoms with van der Waals surface area (Å²) in [5.74, 6) is 2.26. The van der Waals surface area contributed by atoms with Crippen LogP contribution in [0.25, 0.3) is 5.52 Å². The maximum absolute atomic E-state index is 12.8. The van der Waals surface area contributed by atoms with Crippen molar-refractivity contribution >= 4 is 5.52 Å². The Morgan fingerprint density at radius 3 is 2.48 bits per heavy atom. The molecule has 2 fully saturated rings. The second kappa shape index (κ2) is 9.26. The zero-order valence-electron chi connectivity index (χ0n) is 17.5. The third kappa shape index (κ3) is 4.48. The van der Waals surface area contributed by atoms with Gasteiger partial charge in [0, 0.05) is 39.4 Å². The highest BCUT2D eigenvalue weighted by atomic mass is 16.5. The molecule has 160 valence electrons. The number of nitrogens with zero attached hydrogens (tertiary/aromatic N) is 4. The predicted molar refractivity (Wildman–Crippen MR) is 108 cm³/mol. The molecule has 1 saturated carbocycles. The average molecular weight is 405 g/mol. The highest BCUT2D eigenvalue weighted by Gasteiger charge is 2.25. The Kier molecular flexibility index (Phi) is 6.50. The number of aromatic nitrogens is 4. The molecule has 0 atom stereocenters. The number of hydrogen-bond donors (Lipinski definition) is 0. The molecule has 0 N–H and O–H groups in total. The SMILES string of the molecule is CCOCC1CCC(COc2nn3c(C4CCOCC4)ncc3c(=O)n2C)CC1. The molecular weight excluding hydrogens is 372 g/mol. The van der Waals surface area contributed by atoms with E-state index < -0.39 is 0 Å². The first-order valence-electron chi connectivity index (χ1n) is 10.9. The molecule has 0 amide bonds. The van der Waals surface area contributed by atoms with Crippen molar-refractivity contribution in [3.05, 3.63) is 22.4 Å². The van der Waals surface area contributed by atoms with Crippen LogP contribution in [-0.2, 0) is 16.5 Å². The van der Waals surface area contributed by atoms with Crippen LogP contribution < -0.4 is 10.3 Å². The molecule has 0 unspecified atom stereocenters. The van der Waals surface area contributed by atoms with E-state index in [4.69, 9.17) is 14.2 Å². The van der Waals surface area contributed by atoms with Crippen molar-refractivity contribution in [2.75, 3.05) is 33.0 Å². The van der Waals surface area contributed by atoms with Gasteiger partial charge in [-0.1, -0.05) is 0 Å². The van der Waals surface area contributed by atoms with Crippen LogP contribution in [0.1, 0.15) is 57.2 Å². The fraction of sp³-hybridized carbons (Fsp3) is 0.762. The van der Waals surface area contributed by atoms with Gasteiger partial charge in [-0.2, -0.15) is 0 Å². The van der Waals surface area contributed by atoms with E-state index in [2.05, 4.69) is 10.1 Å². The molecule has 2 aliphatic rings. The maximum Gasteiger partial charge on any atom is 0.316 e. The lowest BCUT2D eigenvalue weighted by molar-refractivity contribution is 0.0775. The summed E-state index contributed by atoms with van der Waals surface area (Å²) in [7, 11) is 1.71. The molecule has 2 aromatic heterocycles. The Morgan fingerprint density at radius 1 is 1.10 bits per heavy atom. The fourth-order valence-corrected chi connectivity index (χ4v) is 4.42. The van der Waals surface area contributed by atoms with Crippen molar-refractivity contribution in [3.63, 3.8) is 0 Å². The van der Waals surface area contributed by atoms with Crippen LogP contribution in [0.3, 0.4) is 0 Å². The van der Waals surface area contributed by atoms with Gasteiger partial charge in [0.1, 0.15) is 5.82 Å². The topological polar surface area (TPSA) is 79.9 Å². The Bertz CT molecular complexity index is 863. The molecule has 8 heteroatoms. The quantitative estimate of drug-likeness (QED) is 0.706. The molecule has 2 aromatic rings. The molecule has 1 aliphatic carbocycles. The van der Waals surface area contributed by atoms with Gasteiger partial charge in [-0.05, 0) is 57.3 Å². The van der Waals surface area contributed by atoms with Crippen molar-refractivity contribution in [1.82, 2.24) is 19.2 Å². The summed E-state index contributed by atoms with van der Waals surface area (Å²) in [6.07, 6.45) is 8.04. The van der Waals surface area contributed by atoms with Crippen LogP contribution in [0.15, 0.2) is 11.0 Å². The second-order valence-corrected chi connectivity index (χ2v) is 8.30. The zero-order valence-corrected chi connectivity index (χ0v) is 17.5. The largest absolute Gasteiger partial charge is 0.463 e. The Balaban J connectivity index is 1.45. The molecule has 1 saturated heterocycles. The minimum atomic E-state index is -0.124. The summed E-state index contributed by atoms with van der Waals surface area (Å²) < 4.78 is 20.2. The van der Waals surface area contributed by atoms with Gasteiger partial charge >= 0.3 is 6.01 Å². The third-order valence-electron chi connectivity index (χ3n) is 6.32. The Morgan fingerprint density at radius 2 is 1.79 bits per heavy atom. The summed E-state index contributed by atoms with van der Waals surface area (Å²) in [6, 6.07) is 0.366. The van der Waals surface area contributed by atoms with E-state index in [0.29, 0.717) is 30.0 Å². The normalized spacial score (nSPS) is 23.5. The fourth-order valence-electron chi connectivity index (χ4n) is 4.42. The zero-order chi connectivity index (χ0) is 20.2. The van der Waals surface area contributed by atoms with E-state index in [1.807, 2.05) is 6.92 Å². The van der Waals surface area contributed by atoms with Crippen molar-refractivity contribution < 1.29 is 14.2 Å². The molecule has 8 nitrogen and oxygen atoms in total. The summed E-state index contributed by atoms with van der Waals surface area (Å²) in [6.45, 7) is 5.73. The number of rotatable bonds is 7. The summed E-state index contributed by atoms with van der Waals surface area (Å²) in [5, 5.41) is 4.64. The van der Waals surface area contributed by atoms with E-state index in [0.717, 1.165) is 57.9 Å². The van der Waals surface area contributed by atoms with Gasteiger partial charge in [0.15, 0.2) is 5.52 Å². The lowest BCUT2D eigenvalue weighted by Crippen LogP contribution is -2.27. The van der Waals surface area contributed by atoms with Gasteiger partial charge in [0.25, 0.3) is 5.56 Å². The molecule has 3 heterocycles. The van der Waals surface area contributed by atoms with Crippen LogP contribution in [0, 0.1) is 11.8 Å². The van der Waals surface area contributed by atoms with E-state index in [1.54, 1.807) is 17.8 Å². The minimum Gasteiger partial charge on any atom is -0.463 e. The van der Waals surface area contributed by atoms with E-state index in [1.165, 1.54) is 17.4 Å². The molecule has 4 rings (SSSR count). The number of imidazole rings is 1. The van der Waals surface area contributed by atoms with Gasteiger partial charge in [0.2, 0.25) is 0 Å². The van der Waals surface area contributed by atoms with Gasteiger partial charge in [-0.15, -0.1) is 5.10 Å². The Hall–Kier alpha value is -1.93. The lowest BCUT2D eigenvalue weighted by Gasteiger charge is -2.28. The molecule has 0 spiro atoms. The average Bonchev–Trinajstić information content (AvgIpc) is 3.19. The molecule has 0 radical (unpaired) electrons. The number of fused-ring (bicyclic) bond motifs is 1. The smallest absolute Gasteiger partial charge is 0.316 e. The maximum atomic E-state index is 12.8. The van der Waals surface area contributed by atoms with Crippen LogP contribution >= 0.6 is 0 Å².